The summed E-state index contributed by atoms with van der Waals surface area (Å²) in [5.41, 5.74) is 8.58. The minimum atomic E-state index is -0.685. The largest absolute Gasteiger partial charge is 0.457 e. The van der Waals surface area contributed by atoms with Crippen molar-refractivity contribution in [3.05, 3.63) is 67.1 Å². The van der Waals surface area contributed by atoms with Gasteiger partial charge in [0.25, 0.3) is 0 Å². The molecule has 1 saturated heterocycles. The molecule has 210 valence electrons. The van der Waals surface area contributed by atoms with Crippen LogP contribution in [0.25, 0.3) is 22.2 Å². The number of anilines is 1. The lowest BCUT2D eigenvalue weighted by Gasteiger charge is -2.37. The lowest BCUT2D eigenvalue weighted by atomic mass is 9.82. The van der Waals surface area contributed by atoms with Crippen LogP contribution in [0.5, 0.6) is 11.5 Å². The average Bonchev–Trinajstić information content (AvgIpc) is 3.38. The Morgan fingerprint density at radius 3 is 2.48 bits per heavy atom. The van der Waals surface area contributed by atoms with E-state index in [0.29, 0.717) is 12.4 Å². The van der Waals surface area contributed by atoms with E-state index in [0.717, 1.165) is 98.7 Å². The summed E-state index contributed by atoms with van der Waals surface area (Å²) in [7, 11) is 0. The Morgan fingerprint density at radius 2 is 1.73 bits per heavy atom. The van der Waals surface area contributed by atoms with E-state index in [2.05, 4.69) is 30.9 Å². The summed E-state index contributed by atoms with van der Waals surface area (Å²) in [5.74, 6) is 2.04. The number of morpholine rings is 1. The zero-order chi connectivity index (χ0) is 27.4. The second-order valence-corrected chi connectivity index (χ2v) is 10.9. The van der Waals surface area contributed by atoms with Crippen LogP contribution in [0.4, 0.5) is 5.82 Å². The van der Waals surface area contributed by atoms with E-state index in [1.165, 1.54) is 6.33 Å². The Bertz CT molecular complexity index is 1390. The Hall–Kier alpha value is -3.50. The van der Waals surface area contributed by atoms with Crippen molar-refractivity contribution in [2.24, 2.45) is 0 Å². The predicted molar refractivity (Wildman–Crippen MR) is 156 cm³/mol. The molecule has 9 heteroatoms. The van der Waals surface area contributed by atoms with Crippen LogP contribution in [0, 0.1) is 0 Å². The van der Waals surface area contributed by atoms with Crippen molar-refractivity contribution in [2.45, 2.75) is 37.3 Å². The van der Waals surface area contributed by atoms with Crippen LogP contribution < -0.4 is 15.8 Å². The molecule has 2 aliphatic rings. The lowest BCUT2D eigenvalue weighted by Crippen LogP contribution is -2.46. The number of rotatable bonds is 9. The first kappa shape index (κ1) is 26.7. The first-order valence-corrected chi connectivity index (χ1v) is 14.3. The number of fused-ring (bicyclic) bond motifs is 1. The summed E-state index contributed by atoms with van der Waals surface area (Å²) in [6.07, 6.45) is 6.91. The molecule has 9 nitrogen and oxygen atoms in total. The zero-order valence-electron chi connectivity index (χ0n) is 22.8. The molecule has 0 unspecified atom stereocenters. The Kier molecular flexibility index (Phi) is 7.97. The quantitative estimate of drug-likeness (QED) is 0.270. The molecule has 40 heavy (non-hydrogen) atoms. The summed E-state index contributed by atoms with van der Waals surface area (Å²) in [5, 5.41) is 15.6. The minimum Gasteiger partial charge on any atom is -0.457 e. The summed E-state index contributed by atoms with van der Waals surface area (Å²) >= 11 is 0. The maximum absolute atomic E-state index is 11.3. The van der Waals surface area contributed by atoms with Gasteiger partial charge in [-0.1, -0.05) is 30.3 Å². The van der Waals surface area contributed by atoms with Crippen molar-refractivity contribution in [1.82, 2.24) is 24.8 Å². The Balaban J connectivity index is 1.13. The van der Waals surface area contributed by atoms with Gasteiger partial charge in [0.1, 0.15) is 29.3 Å². The molecule has 0 atom stereocenters. The highest BCUT2D eigenvalue weighted by Crippen LogP contribution is 2.40. The molecule has 1 aliphatic heterocycles. The maximum Gasteiger partial charge on any atom is 0.146 e. The topological polar surface area (TPSA) is 111 Å². The molecule has 4 N–H and O–H groups in total. The van der Waals surface area contributed by atoms with E-state index < -0.39 is 5.60 Å². The Labute approximate surface area is 234 Å². The second kappa shape index (κ2) is 11.9. The third-order valence-electron chi connectivity index (χ3n) is 8.22. The number of hydrogen-bond acceptors (Lipinski definition) is 8. The van der Waals surface area contributed by atoms with Gasteiger partial charge in [0.15, 0.2) is 0 Å². The van der Waals surface area contributed by atoms with Crippen LogP contribution in [0.3, 0.4) is 0 Å². The molecular formula is C31H38N6O3. The molecule has 3 heterocycles. The average molecular weight is 543 g/mol. The number of nitrogens with two attached hydrogens (primary N) is 1. The fraction of sp³-hybridized carbons (Fsp3) is 0.419. The van der Waals surface area contributed by atoms with Crippen molar-refractivity contribution < 1.29 is 14.6 Å². The fourth-order valence-electron chi connectivity index (χ4n) is 5.91. The number of nitrogens with zero attached hydrogens (tertiary/aromatic N) is 4. The lowest BCUT2D eigenvalue weighted by molar-refractivity contribution is -0.00728. The molecule has 0 amide bonds. The van der Waals surface area contributed by atoms with Gasteiger partial charge in [0, 0.05) is 50.5 Å². The standard InChI is InChI=1S/C31H38N6O3/c32-29-28-27(23-6-8-26(9-7-23)40-25-4-2-1-3-5-25)20-37(30(28)35-22-34-29)24-10-12-31(38,13-11-24)21-33-14-15-36-16-18-39-19-17-36/h1-9,20,22,24,33,38H,10-19,21H2,(H2,32,34,35)/t24-,31+. The van der Waals surface area contributed by atoms with E-state index >= 15 is 0 Å². The van der Waals surface area contributed by atoms with Gasteiger partial charge in [-0.25, -0.2) is 9.97 Å². The van der Waals surface area contributed by atoms with E-state index in [-0.39, 0.29) is 6.04 Å². The Morgan fingerprint density at radius 1 is 1.00 bits per heavy atom. The molecule has 1 saturated carbocycles. The number of nitrogen functional groups attached to an aromatic ring is 1. The molecule has 0 bridgehead atoms. The van der Waals surface area contributed by atoms with E-state index in [9.17, 15) is 5.11 Å². The van der Waals surface area contributed by atoms with Gasteiger partial charge >= 0.3 is 0 Å². The van der Waals surface area contributed by atoms with Crippen LogP contribution in [-0.4, -0.2) is 76.1 Å². The van der Waals surface area contributed by atoms with Gasteiger partial charge in [-0.3, -0.25) is 4.90 Å². The third-order valence-corrected chi connectivity index (χ3v) is 8.22. The van der Waals surface area contributed by atoms with Gasteiger partial charge in [-0.05, 0) is 55.5 Å². The summed E-state index contributed by atoms with van der Waals surface area (Å²) in [4.78, 5) is 11.3. The van der Waals surface area contributed by atoms with Crippen LogP contribution in [0.2, 0.25) is 0 Å². The molecular weight excluding hydrogens is 504 g/mol. The molecule has 0 spiro atoms. The summed E-state index contributed by atoms with van der Waals surface area (Å²) in [6.45, 7) is 6.08. The van der Waals surface area contributed by atoms with Gasteiger partial charge in [0.05, 0.1) is 24.2 Å². The second-order valence-electron chi connectivity index (χ2n) is 10.9. The number of ether oxygens (including phenoxy) is 2. The van der Waals surface area contributed by atoms with Crippen molar-refractivity contribution >= 4 is 16.9 Å². The number of hydrogen-bond donors (Lipinski definition) is 3. The fourth-order valence-corrected chi connectivity index (χ4v) is 5.91. The van der Waals surface area contributed by atoms with Gasteiger partial charge in [-0.15, -0.1) is 0 Å². The molecule has 1 aliphatic carbocycles. The first-order chi connectivity index (χ1) is 19.6. The van der Waals surface area contributed by atoms with Crippen LogP contribution in [0.15, 0.2) is 67.1 Å². The maximum atomic E-state index is 11.3. The highest BCUT2D eigenvalue weighted by atomic mass is 16.5. The van der Waals surface area contributed by atoms with E-state index in [1.54, 1.807) is 0 Å². The van der Waals surface area contributed by atoms with Gasteiger partial charge < -0.3 is 30.2 Å². The molecule has 2 aromatic heterocycles. The first-order valence-electron chi connectivity index (χ1n) is 14.3. The summed E-state index contributed by atoms with van der Waals surface area (Å²) < 4.78 is 13.6. The number of para-hydroxylation sites is 1. The number of benzene rings is 2. The number of aromatic nitrogens is 3. The van der Waals surface area contributed by atoms with Gasteiger partial charge in [0.2, 0.25) is 0 Å². The molecule has 2 fully saturated rings. The third kappa shape index (κ3) is 5.97. The van der Waals surface area contributed by atoms with Gasteiger partial charge in [-0.2, -0.15) is 0 Å². The normalized spacial score (nSPS) is 22.0. The highest BCUT2D eigenvalue weighted by Gasteiger charge is 2.34. The van der Waals surface area contributed by atoms with E-state index in [4.69, 9.17) is 15.2 Å². The SMILES string of the molecule is Nc1ncnc2c1c(-c1ccc(Oc3ccccc3)cc1)cn2[C@H]1CC[C@](O)(CNCCN2CCOCC2)CC1. The predicted octanol–water partition coefficient (Wildman–Crippen LogP) is 4.24. The van der Waals surface area contributed by atoms with Crippen LogP contribution in [0.1, 0.15) is 31.7 Å². The van der Waals surface area contributed by atoms with Crippen molar-refractivity contribution in [3.8, 4) is 22.6 Å². The van der Waals surface area contributed by atoms with Crippen molar-refractivity contribution in [3.63, 3.8) is 0 Å². The van der Waals surface area contributed by atoms with Crippen LogP contribution >= 0.6 is 0 Å². The molecule has 4 aromatic rings. The van der Waals surface area contributed by atoms with E-state index in [1.807, 2.05) is 54.6 Å². The monoisotopic (exact) mass is 542 g/mol. The zero-order valence-corrected chi connectivity index (χ0v) is 22.8. The van der Waals surface area contributed by atoms with Crippen molar-refractivity contribution in [2.75, 3.05) is 51.7 Å². The smallest absolute Gasteiger partial charge is 0.146 e. The summed E-state index contributed by atoms with van der Waals surface area (Å²) in [6, 6.07) is 18.0. The van der Waals surface area contributed by atoms with Crippen LogP contribution in [-0.2, 0) is 4.74 Å². The van der Waals surface area contributed by atoms with Crippen molar-refractivity contribution in [1.29, 1.82) is 0 Å². The molecule has 0 radical (unpaired) electrons. The number of nitrogens with one attached hydrogen (secondary N) is 1. The minimum absolute atomic E-state index is 0.236. The number of aliphatic hydroxyl groups is 1. The molecule has 2 aromatic carbocycles. The highest BCUT2D eigenvalue weighted by molar-refractivity contribution is 6.00. The molecule has 6 rings (SSSR count).